The zero-order valence-corrected chi connectivity index (χ0v) is 11.6. The summed E-state index contributed by atoms with van der Waals surface area (Å²) in [5, 5.41) is 11.8. The number of nitriles is 1. The van der Waals surface area contributed by atoms with Crippen molar-refractivity contribution in [3.63, 3.8) is 0 Å². The Labute approximate surface area is 111 Å². The largest absolute Gasteiger partial charge is 0.464 e. The van der Waals surface area contributed by atoms with E-state index in [9.17, 15) is 10.1 Å². The van der Waals surface area contributed by atoms with Gasteiger partial charge in [0, 0.05) is 5.38 Å². The maximum atomic E-state index is 11.4. The number of hydrogen-bond donors (Lipinski definition) is 0. The van der Waals surface area contributed by atoms with Crippen molar-refractivity contribution in [2.24, 2.45) is 11.8 Å². The number of nitrogens with zero attached hydrogens (tertiary/aromatic N) is 2. The smallest absolute Gasteiger partial charge is 0.357 e. The summed E-state index contributed by atoms with van der Waals surface area (Å²) in [6.45, 7) is 4.35. The third-order valence-corrected chi connectivity index (χ3v) is 4.73. The Balaban J connectivity index is 2.19. The van der Waals surface area contributed by atoms with Gasteiger partial charge in [-0.05, 0) is 24.7 Å². The van der Waals surface area contributed by atoms with Crippen molar-refractivity contribution in [3.8, 4) is 6.07 Å². The van der Waals surface area contributed by atoms with Gasteiger partial charge in [0.15, 0.2) is 5.69 Å². The summed E-state index contributed by atoms with van der Waals surface area (Å²) in [6, 6.07) is 2.38. The Hall–Kier alpha value is -1.41. The van der Waals surface area contributed by atoms with Gasteiger partial charge in [0.05, 0.1) is 13.2 Å². The van der Waals surface area contributed by atoms with E-state index in [1.807, 2.05) is 0 Å². The third-order valence-electron chi connectivity index (χ3n) is 3.69. The lowest BCUT2D eigenvalue weighted by Gasteiger charge is -2.43. The standard InChI is InChI=1S/C13H16N2O2S/c1-8(2)9-4-13(5-9,7-14)12-15-10(6-18-12)11(16)17-3/h6,8-9H,4-5H2,1-3H3. The van der Waals surface area contributed by atoms with Crippen molar-refractivity contribution in [1.29, 1.82) is 5.26 Å². The first-order valence-corrected chi connectivity index (χ1v) is 6.86. The molecule has 0 unspecified atom stereocenters. The summed E-state index contributed by atoms with van der Waals surface area (Å²) in [6.07, 6.45) is 1.69. The minimum atomic E-state index is -0.480. The fourth-order valence-electron chi connectivity index (χ4n) is 2.31. The molecule has 0 saturated heterocycles. The van der Waals surface area contributed by atoms with Crippen LogP contribution in [0.2, 0.25) is 0 Å². The topological polar surface area (TPSA) is 63.0 Å². The fourth-order valence-corrected chi connectivity index (χ4v) is 3.27. The molecule has 0 aliphatic heterocycles. The van der Waals surface area contributed by atoms with Gasteiger partial charge in [0.2, 0.25) is 0 Å². The molecule has 1 aliphatic rings. The minimum absolute atomic E-state index is 0.306. The number of thiazole rings is 1. The molecule has 0 atom stereocenters. The third kappa shape index (κ3) is 2.01. The molecule has 0 N–H and O–H groups in total. The number of ether oxygens (including phenoxy) is 1. The number of hydrogen-bond acceptors (Lipinski definition) is 5. The number of carbonyl (C=O) groups excluding carboxylic acids is 1. The second-order valence-electron chi connectivity index (χ2n) is 5.14. The highest BCUT2D eigenvalue weighted by atomic mass is 32.1. The zero-order valence-electron chi connectivity index (χ0n) is 10.8. The molecular formula is C13H16N2O2S. The van der Waals surface area contributed by atoms with E-state index >= 15 is 0 Å². The minimum Gasteiger partial charge on any atom is -0.464 e. The van der Waals surface area contributed by atoms with Gasteiger partial charge in [0.1, 0.15) is 10.4 Å². The highest BCUT2D eigenvalue weighted by molar-refractivity contribution is 7.10. The number of rotatable bonds is 3. The normalized spacial score (nSPS) is 26.5. The highest BCUT2D eigenvalue weighted by Gasteiger charge is 2.49. The molecular weight excluding hydrogens is 248 g/mol. The number of esters is 1. The molecule has 18 heavy (non-hydrogen) atoms. The molecule has 0 bridgehead atoms. The zero-order chi connectivity index (χ0) is 13.3. The molecule has 1 aromatic heterocycles. The van der Waals surface area contributed by atoms with Crippen LogP contribution in [-0.2, 0) is 10.2 Å². The van der Waals surface area contributed by atoms with E-state index in [2.05, 4.69) is 29.6 Å². The van der Waals surface area contributed by atoms with Crippen LogP contribution >= 0.6 is 11.3 Å². The molecule has 5 heteroatoms. The molecule has 96 valence electrons. The fraction of sp³-hybridized carbons (Fsp3) is 0.615. The van der Waals surface area contributed by atoms with E-state index in [-0.39, 0.29) is 0 Å². The highest BCUT2D eigenvalue weighted by Crippen LogP contribution is 2.50. The quantitative estimate of drug-likeness (QED) is 0.787. The van der Waals surface area contributed by atoms with Gasteiger partial charge in [-0.15, -0.1) is 11.3 Å². The van der Waals surface area contributed by atoms with Crippen LogP contribution in [0.25, 0.3) is 0 Å². The first-order valence-electron chi connectivity index (χ1n) is 5.98. The van der Waals surface area contributed by atoms with Crippen molar-refractivity contribution >= 4 is 17.3 Å². The van der Waals surface area contributed by atoms with Crippen LogP contribution in [-0.4, -0.2) is 18.1 Å². The summed E-state index contributed by atoms with van der Waals surface area (Å²) in [5.41, 5.74) is -0.175. The van der Waals surface area contributed by atoms with E-state index in [1.54, 1.807) is 5.38 Å². The number of carbonyl (C=O) groups is 1. The lowest BCUT2D eigenvalue weighted by atomic mass is 9.60. The summed E-state index contributed by atoms with van der Waals surface area (Å²) in [7, 11) is 1.33. The van der Waals surface area contributed by atoms with Crippen molar-refractivity contribution in [3.05, 3.63) is 16.1 Å². The molecule has 1 heterocycles. The average molecular weight is 264 g/mol. The van der Waals surface area contributed by atoms with Crippen LogP contribution < -0.4 is 0 Å². The first-order chi connectivity index (χ1) is 8.52. The molecule has 0 aromatic carbocycles. The van der Waals surface area contributed by atoms with Crippen molar-refractivity contribution in [1.82, 2.24) is 4.98 Å². The van der Waals surface area contributed by atoms with Crippen LogP contribution in [0.4, 0.5) is 0 Å². The second-order valence-corrected chi connectivity index (χ2v) is 5.99. The van der Waals surface area contributed by atoms with Crippen LogP contribution in [0.1, 0.15) is 42.2 Å². The van der Waals surface area contributed by atoms with Gasteiger partial charge in [-0.25, -0.2) is 9.78 Å². The van der Waals surface area contributed by atoms with Crippen LogP contribution in [0.3, 0.4) is 0 Å². The van der Waals surface area contributed by atoms with Gasteiger partial charge in [0.25, 0.3) is 0 Å². The lowest BCUT2D eigenvalue weighted by molar-refractivity contribution is 0.0594. The van der Waals surface area contributed by atoms with Gasteiger partial charge in [-0.3, -0.25) is 0 Å². The predicted octanol–water partition coefficient (Wildman–Crippen LogP) is 2.76. The molecule has 0 radical (unpaired) electrons. The van der Waals surface area contributed by atoms with Gasteiger partial charge in [-0.1, -0.05) is 13.8 Å². The SMILES string of the molecule is COC(=O)c1csc(C2(C#N)CC(C(C)C)C2)n1. The number of aromatic nitrogens is 1. The van der Waals surface area contributed by atoms with Crippen molar-refractivity contribution in [2.75, 3.05) is 7.11 Å². The van der Waals surface area contributed by atoms with Gasteiger partial charge >= 0.3 is 5.97 Å². The van der Waals surface area contributed by atoms with Crippen LogP contribution in [0, 0.1) is 23.2 Å². The van der Waals surface area contributed by atoms with Gasteiger partial charge in [-0.2, -0.15) is 5.26 Å². The molecule has 1 saturated carbocycles. The number of methoxy groups -OCH3 is 1. The summed E-state index contributed by atoms with van der Waals surface area (Å²) < 4.78 is 4.63. The Morgan fingerprint density at radius 3 is 2.83 bits per heavy atom. The van der Waals surface area contributed by atoms with Crippen molar-refractivity contribution in [2.45, 2.75) is 32.1 Å². The Morgan fingerprint density at radius 2 is 2.33 bits per heavy atom. The molecule has 0 amide bonds. The van der Waals surface area contributed by atoms with Gasteiger partial charge < -0.3 is 4.74 Å². The summed E-state index contributed by atoms with van der Waals surface area (Å²) in [4.78, 5) is 15.6. The van der Waals surface area contributed by atoms with E-state index in [1.165, 1.54) is 18.4 Å². The molecule has 4 nitrogen and oxygen atoms in total. The average Bonchev–Trinajstić information content (AvgIpc) is 2.77. The molecule has 1 fully saturated rings. The van der Waals surface area contributed by atoms with Crippen LogP contribution in [0.5, 0.6) is 0 Å². The first kappa shape index (κ1) is 13.0. The molecule has 2 rings (SSSR count). The Bertz CT molecular complexity index is 495. The lowest BCUT2D eigenvalue weighted by Crippen LogP contribution is -2.42. The Kier molecular flexibility index (Phi) is 3.40. The van der Waals surface area contributed by atoms with Crippen molar-refractivity contribution < 1.29 is 9.53 Å². The summed E-state index contributed by atoms with van der Waals surface area (Å²) in [5.74, 6) is 0.729. The molecule has 1 aromatic rings. The Morgan fingerprint density at radius 1 is 1.67 bits per heavy atom. The maximum absolute atomic E-state index is 11.4. The van der Waals surface area contributed by atoms with E-state index in [0.717, 1.165) is 17.8 Å². The second kappa shape index (κ2) is 4.69. The monoisotopic (exact) mass is 264 g/mol. The van der Waals surface area contributed by atoms with Crippen LogP contribution in [0.15, 0.2) is 5.38 Å². The predicted molar refractivity (Wildman–Crippen MR) is 68.3 cm³/mol. The van der Waals surface area contributed by atoms with E-state index in [0.29, 0.717) is 17.5 Å². The summed E-state index contributed by atoms with van der Waals surface area (Å²) >= 11 is 1.38. The molecule has 1 aliphatic carbocycles. The maximum Gasteiger partial charge on any atom is 0.357 e. The molecule has 0 spiro atoms. The van der Waals surface area contributed by atoms with E-state index < -0.39 is 11.4 Å². The van der Waals surface area contributed by atoms with E-state index in [4.69, 9.17) is 0 Å².